The van der Waals surface area contributed by atoms with Crippen LogP contribution in [0.15, 0.2) is 24.8 Å². The van der Waals surface area contributed by atoms with E-state index < -0.39 is 5.95 Å². The fourth-order valence-corrected chi connectivity index (χ4v) is 1.37. The maximum atomic E-state index is 13.1. The van der Waals surface area contributed by atoms with E-state index in [1.54, 1.807) is 6.20 Å². The van der Waals surface area contributed by atoms with E-state index in [0.29, 0.717) is 13.1 Å². The van der Waals surface area contributed by atoms with Gasteiger partial charge in [-0.3, -0.25) is 0 Å². The molecule has 0 saturated heterocycles. The fourth-order valence-electron chi connectivity index (χ4n) is 1.37. The maximum absolute atomic E-state index is 13.1. The molecule has 0 spiro atoms. The lowest BCUT2D eigenvalue weighted by Gasteiger charge is -2.07. The van der Waals surface area contributed by atoms with Crippen LogP contribution in [0.25, 0.3) is 0 Å². The van der Waals surface area contributed by atoms with Gasteiger partial charge >= 0.3 is 0 Å². The second-order valence-corrected chi connectivity index (χ2v) is 3.29. The number of aryl methyl sites for hydroxylation is 1. The van der Waals surface area contributed by atoms with Gasteiger partial charge in [-0.15, -0.1) is 0 Å². The molecule has 6 heteroatoms. The van der Waals surface area contributed by atoms with E-state index in [2.05, 4.69) is 20.3 Å². The van der Waals surface area contributed by atoms with Crippen molar-refractivity contribution in [1.82, 2.24) is 19.5 Å². The van der Waals surface area contributed by atoms with Gasteiger partial charge in [-0.2, -0.15) is 4.39 Å². The van der Waals surface area contributed by atoms with E-state index >= 15 is 0 Å². The number of anilines is 1. The first-order valence-electron chi connectivity index (χ1n) is 4.95. The number of halogens is 1. The Morgan fingerprint density at radius 3 is 2.75 bits per heavy atom. The van der Waals surface area contributed by atoms with Crippen LogP contribution in [0.2, 0.25) is 0 Å². The summed E-state index contributed by atoms with van der Waals surface area (Å²) in [6, 6.07) is 0. The van der Waals surface area contributed by atoms with Crippen molar-refractivity contribution in [2.75, 3.05) is 11.9 Å². The summed E-state index contributed by atoms with van der Waals surface area (Å²) in [6.07, 6.45) is 6.39. The number of aromatic nitrogens is 4. The van der Waals surface area contributed by atoms with Gasteiger partial charge in [0.2, 0.25) is 0 Å². The van der Waals surface area contributed by atoms with Gasteiger partial charge in [-0.05, 0) is 6.92 Å². The van der Waals surface area contributed by atoms with Crippen molar-refractivity contribution in [2.24, 2.45) is 0 Å². The van der Waals surface area contributed by atoms with Crippen molar-refractivity contribution in [3.63, 3.8) is 0 Å². The van der Waals surface area contributed by atoms with E-state index in [1.165, 1.54) is 12.4 Å². The number of hydrogen-bond acceptors (Lipinski definition) is 4. The van der Waals surface area contributed by atoms with Crippen LogP contribution in [-0.4, -0.2) is 26.1 Å². The SMILES string of the molecule is Cc1nccn1CCNc1nccnc1F. The zero-order valence-corrected chi connectivity index (χ0v) is 8.89. The van der Waals surface area contributed by atoms with Gasteiger partial charge in [0.15, 0.2) is 5.82 Å². The third-order valence-electron chi connectivity index (χ3n) is 2.22. The molecule has 0 aliphatic rings. The molecule has 84 valence electrons. The van der Waals surface area contributed by atoms with E-state index in [9.17, 15) is 4.39 Å². The minimum atomic E-state index is -0.579. The normalized spacial score (nSPS) is 10.4. The minimum absolute atomic E-state index is 0.181. The molecule has 0 bridgehead atoms. The first kappa shape index (κ1) is 10.5. The number of nitrogens with one attached hydrogen (secondary N) is 1. The summed E-state index contributed by atoms with van der Waals surface area (Å²) in [4.78, 5) is 11.4. The highest BCUT2D eigenvalue weighted by Crippen LogP contribution is 2.04. The Hall–Kier alpha value is -1.98. The van der Waals surface area contributed by atoms with Crippen LogP contribution in [-0.2, 0) is 6.54 Å². The van der Waals surface area contributed by atoms with Crippen LogP contribution < -0.4 is 5.32 Å². The van der Waals surface area contributed by atoms with Crippen molar-refractivity contribution < 1.29 is 4.39 Å². The fraction of sp³-hybridized carbons (Fsp3) is 0.300. The molecule has 0 radical (unpaired) electrons. The third-order valence-corrected chi connectivity index (χ3v) is 2.22. The van der Waals surface area contributed by atoms with Crippen molar-refractivity contribution in [2.45, 2.75) is 13.5 Å². The number of imidazole rings is 1. The number of nitrogens with zero attached hydrogens (tertiary/aromatic N) is 4. The van der Waals surface area contributed by atoms with Gasteiger partial charge in [0.05, 0.1) is 0 Å². The maximum Gasteiger partial charge on any atom is 0.255 e. The molecular weight excluding hydrogens is 209 g/mol. The first-order chi connectivity index (χ1) is 7.77. The zero-order chi connectivity index (χ0) is 11.4. The molecule has 1 N–H and O–H groups in total. The largest absolute Gasteiger partial charge is 0.364 e. The Morgan fingerprint density at radius 2 is 2.06 bits per heavy atom. The van der Waals surface area contributed by atoms with Crippen LogP contribution >= 0.6 is 0 Å². The summed E-state index contributed by atoms with van der Waals surface area (Å²) in [5.41, 5.74) is 0. The quantitative estimate of drug-likeness (QED) is 0.843. The molecule has 2 aromatic heterocycles. The highest BCUT2D eigenvalue weighted by atomic mass is 19.1. The molecule has 0 aromatic carbocycles. The molecule has 0 fully saturated rings. The summed E-state index contributed by atoms with van der Waals surface area (Å²) in [5.74, 6) is 0.534. The number of rotatable bonds is 4. The smallest absolute Gasteiger partial charge is 0.255 e. The Kier molecular flexibility index (Phi) is 3.09. The predicted octanol–water partition coefficient (Wildman–Crippen LogP) is 1.23. The highest BCUT2D eigenvalue weighted by Gasteiger charge is 2.02. The van der Waals surface area contributed by atoms with Gasteiger partial charge in [0.25, 0.3) is 5.95 Å². The lowest BCUT2D eigenvalue weighted by Crippen LogP contribution is -2.13. The van der Waals surface area contributed by atoms with E-state index in [-0.39, 0.29) is 5.82 Å². The third kappa shape index (κ3) is 2.33. The Bertz CT molecular complexity index is 468. The first-order valence-corrected chi connectivity index (χ1v) is 4.95. The summed E-state index contributed by atoms with van der Waals surface area (Å²) in [6.45, 7) is 3.21. The lowest BCUT2D eigenvalue weighted by atomic mass is 10.5. The van der Waals surface area contributed by atoms with Crippen LogP contribution in [0, 0.1) is 12.9 Å². The Labute approximate surface area is 92.4 Å². The highest BCUT2D eigenvalue weighted by molar-refractivity contribution is 5.31. The average Bonchev–Trinajstić information content (AvgIpc) is 2.67. The van der Waals surface area contributed by atoms with Gasteiger partial charge < -0.3 is 9.88 Å². The molecule has 0 saturated carbocycles. The Balaban J connectivity index is 1.89. The molecule has 5 nitrogen and oxygen atoms in total. The van der Waals surface area contributed by atoms with Gasteiger partial charge in [0, 0.05) is 37.9 Å². The summed E-state index contributed by atoms with van der Waals surface area (Å²) < 4.78 is 15.1. The van der Waals surface area contributed by atoms with E-state index in [0.717, 1.165) is 5.82 Å². The van der Waals surface area contributed by atoms with Crippen LogP contribution in [0.4, 0.5) is 10.2 Å². The average molecular weight is 221 g/mol. The lowest BCUT2D eigenvalue weighted by molar-refractivity contribution is 0.578. The molecule has 2 aromatic rings. The molecule has 2 heterocycles. The van der Waals surface area contributed by atoms with Gasteiger partial charge in [-0.1, -0.05) is 0 Å². The van der Waals surface area contributed by atoms with Crippen molar-refractivity contribution in [3.05, 3.63) is 36.6 Å². The standard InChI is InChI=1S/C10H12FN5/c1-8-12-4-6-16(8)7-5-15-10-9(11)13-2-3-14-10/h2-4,6H,5,7H2,1H3,(H,14,15). The second-order valence-electron chi connectivity index (χ2n) is 3.29. The summed E-state index contributed by atoms with van der Waals surface area (Å²) in [5, 5.41) is 2.88. The van der Waals surface area contributed by atoms with Crippen LogP contribution in [0.3, 0.4) is 0 Å². The molecule has 0 amide bonds. The van der Waals surface area contributed by atoms with Crippen molar-refractivity contribution >= 4 is 5.82 Å². The van der Waals surface area contributed by atoms with Crippen molar-refractivity contribution in [3.8, 4) is 0 Å². The molecule has 0 aliphatic heterocycles. The minimum Gasteiger partial charge on any atom is -0.364 e. The van der Waals surface area contributed by atoms with E-state index in [4.69, 9.17) is 0 Å². The van der Waals surface area contributed by atoms with Gasteiger partial charge in [-0.25, -0.2) is 15.0 Å². The van der Waals surface area contributed by atoms with E-state index in [1.807, 2.05) is 17.7 Å². The van der Waals surface area contributed by atoms with Crippen molar-refractivity contribution in [1.29, 1.82) is 0 Å². The molecule has 0 atom stereocenters. The molecule has 0 aliphatic carbocycles. The summed E-state index contributed by atoms with van der Waals surface area (Å²) in [7, 11) is 0. The predicted molar refractivity (Wildman–Crippen MR) is 57.4 cm³/mol. The topological polar surface area (TPSA) is 55.6 Å². The monoisotopic (exact) mass is 221 g/mol. The van der Waals surface area contributed by atoms with Crippen LogP contribution in [0.5, 0.6) is 0 Å². The Morgan fingerprint density at radius 1 is 1.25 bits per heavy atom. The summed E-state index contributed by atoms with van der Waals surface area (Å²) >= 11 is 0. The van der Waals surface area contributed by atoms with Crippen LogP contribution in [0.1, 0.15) is 5.82 Å². The van der Waals surface area contributed by atoms with Gasteiger partial charge in [0.1, 0.15) is 5.82 Å². The second kappa shape index (κ2) is 4.69. The molecule has 16 heavy (non-hydrogen) atoms. The zero-order valence-electron chi connectivity index (χ0n) is 8.89. The number of hydrogen-bond donors (Lipinski definition) is 1. The molecule has 2 rings (SSSR count). The molecular formula is C10H12FN5. The molecule has 0 unspecified atom stereocenters.